The van der Waals surface area contributed by atoms with E-state index in [0.29, 0.717) is 24.0 Å². The minimum atomic E-state index is -0.315. The molecule has 0 aliphatic heterocycles. The van der Waals surface area contributed by atoms with E-state index in [1.807, 2.05) is 6.92 Å². The van der Waals surface area contributed by atoms with Crippen LogP contribution in [0.1, 0.15) is 20.3 Å². The minimum Gasteiger partial charge on any atom is -0.467 e. The average molecular weight is 288 g/mol. The number of hydrogen-bond donors (Lipinski definition) is 0. The molecule has 0 radical (unpaired) electrons. The van der Waals surface area contributed by atoms with Crippen molar-refractivity contribution < 1.29 is 14.3 Å². The second-order valence-corrected chi connectivity index (χ2v) is 4.16. The number of carbonyl (C=O) groups excluding carboxylic acids is 1. The molecule has 1 heterocycles. The highest BCUT2D eigenvalue weighted by molar-refractivity contribution is 6.32. The van der Waals surface area contributed by atoms with Crippen molar-refractivity contribution in [2.75, 3.05) is 31.7 Å². The number of ether oxygens (including phenoxy) is 2. The number of nitrogens with zero attached hydrogens (tertiary/aromatic N) is 3. The summed E-state index contributed by atoms with van der Waals surface area (Å²) in [6.07, 6.45) is 2.30. The van der Waals surface area contributed by atoms with Gasteiger partial charge in [-0.2, -0.15) is 4.98 Å². The van der Waals surface area contributed by atoms with Crippen molar-refractivity contribution in [2.24, 2.45) is 0 Å². The zero-order chi connectivity index (χ0) is 14.3. The Labute approximate surface area is 117 Å². The fraction of sp³-hybridized carbons (Fsp3) is 0.583. The highest BCUT2D eigenvalue weighted by atomic mass is 35.5. The molecule has 1 aromatic rings. The highest BCUT2D eigenvalue weighted by Gasteiger charge is 2.17. The lowest BCUT2D eigenvalue weighted by Gasteiger charge is -2.22. The first-order valence-electron chi connectivity index (χ1n) is 6.09. The SMILES string of the molecule is CCCN(CC(=O)OCC)c1nc(OC)ncc1Cl. The van der Waals surface area contributed by atoms with Gasteiger partial charge in [0.1, 0.15) is 11.6 Å². The van der Waals surface area contributed by atoms with Crippen LogP contribution in [0.3, 0.4) is 0 Å². The zero-order valence-electron chi connectivity index (χ0n) is 11.4. The summed E-state index contributed by atoms with van der Waals surface area (Å²) in [6, 6.07) is 0.212. The molecule has 19 heavy (non-hydrogen) atoms. The Bertz CT molecular complexity index is 429. The molecule has 1 rings (SSSR count). The molecule has 0 atom stereocenters. The van der Waals surface area contributed by atoms with Crippen molar-refractivity contribution in [3.8, 4) is 6.01 Å². The van der Waals surface area contributed by atoms with Gasteiger partial charge in [0.2, 0.25) is 0 Å². The summed E-state index contributed by atoms with van der Waals surface area (Å²) >= 11 is 6.07. The van der Waals surface area contributed by atoms with Crippen LogP contribution in [0.4, 0.5) is 5.82 Å². The molecule has 6 nitrogen and oxygen atoms in total. The Morgan fingerprint density at radius 1 is 1.47 bits per heavy atom. The zero-order valence-corrected chi connectivity index (χ0v) is 12.1. The number of esters is 1. The first-order chi connectivity index (χ1) is 9.12. The van der Waals surface area contributed by atoms with Crippen LogP contribution in [-0.4, -0.2) is 42.7 Å². The summed E-state index contributed by atoms with van der Waals surface area (Å²) in [5, 5.41) is 0.374. The summed E-state index contributed by atoms with van der Waals surface area (Å²) < 4.78 is 9.91. The largest absolute Gasteiger partial charge is 0.467 e. The number of rotatable bonds is 7. The van der Waals surface area contributed by atoms with Gasteiger partial charge in [0.25, 0.3) is 0 Å². The fourth-order valence-electron chi connectivity index (χ4n) is 1.55. The van der Waals surface area contributed by atoms with Crippen molar-refractivity contribution in [3.05, 3.63) is 11.2 Å². The second-order valence-electron chi connectivity index (χ2n) is 3.75. The minimum absolute atomic E-state index is 0.0988. The van der Waals surface area contributed by atoms with E-state index in [0.717, 1.165) is 6.42 Å². The van der Waals surface area contributed by atoms with Crippen LogP contribution in [0.5, 0.6) is 6.01 Å². The summed E-state index contributed by atoms with van der Waals surface area (Å²) in [4.78, 5) is 21.4. The molecule has 7 heteroatoms. The van der Waals surface area contributed by atoms with Gasteiger partial charge in [-0.05, 0) is 13.3 Å². The van der Waals surface area contributed by atoms with Gasteiger partial charge in [0.05, 0.1) is 19.9 Å². The van der Waals surface area contributed by atoms with Crippen molar-refractivity contribution in [1.29, 1.82) is 0 Å². The summed E-state index contributed by atoms with van der Waals surface area (Å²) in [5.41, 5.74) is 0. The third-order valence-electron chi connectivity index (χ3n) is 2.30. The van der Waals surface area contributed by atoms with Gasteiger partial charge in [0.15, 0.2) is 5.82 Å². The van der Waals surface area contributed by atoms with Crippen LogP contribution in [-0.2, 0) is 9.53 Å². The van der Waals surface area contributed by atoms with Gasteiger partial charge in [-0.3, -0.25) is 4.79 Å². The fourth-order valence-corrected chi connectivity index (χ4v) is 1.77. The van der Waals surface area contributed by atoms with E-state index in [9.17, 15) is 4.79 Å². The molecule has 0 spiro atoms. The third-order valence-corrected chi connectivity index (χ3v) is 2.57. The van der Waals surface area contributed by atoms with E-state index in [1.54, 1.807) is 11.8 Å². The predicted octanol–water partition coefficient (Wildman–Crippen LogP) is 1.92. The lowest BCUT2D eigenvalue weighted by atomic mass is 10.4. The Morgan fingerprint density at radius 3 is 2.79 bits per heavy atom. The highest BCUT2D eigenvalue weighted by Crippen LogP contribution is 2.24. The van der Waals surface area contributed by atoms with E-state index >= 15 is 0 Å². The van der Waals surface area contributed by atoms with Crippen molar-refractivity contribution >= 4 is 23.4 Å². The summed E-state index contributed by atoms with van der Waals surface area (Å²) in [5.74, 6) is 0.160. The predicted molar refractivity (Wildman–Crippen MR) is 72.7 cm³/mol. The van der Waals surface area contributed by atoms with Crippen LogP contribution < -0.4 is 9.64 Å². The molecule has 0 saturated carbocycles. The van der Waals surface area contributed by atoms with Crippen molar-refractivity contribution in [3.63, 3.8) is 0 Å². The van der Waals surface area contributed by atoms with E-state index in [2.05, 4.69) is 9.97 Å². The van der Waals surface area contributed by atoms with Gasteiger partial charge in [0, 0.05) is 6.54 Å². The number of halogens is 1. The molecule has 1 aromatic heterocycles. The van der Waals surface area contributed by atoms with E-state index in [4.69, 9.17) is 21.1 Å². The van der Waals surface area contributed by atoms with Gasteiger partial charge in [-0.25, -0.2) is 4.98 Å². The van der Waals surface area contributed by atoms with Crippen molar-refractivity contribution in [1.82, 2.24) is 9.97 Å². The topological polar surface area (TPSA) is 64.6 Å². The maximum absolute atomic E-state index is 11.6. The molecule has 0 bridgehead atoms. The monoisotopic (exact) mass is 287 g/mol. The second kappa shape index (κ2) is 7.78. The van der Waals surface area contributed by atoms with Crippen LogP contribution >= 0.6 is 11.6 Å². The molecule has 106 valence electrons. The maximum atomic E-state index is 11.6. The van der Waals surface area contributed by atoms with Gasteiger partial charge >= 0.3 is 12.0 Å². The Hall–Kier alpha value is -1.56. The molecule has 0 N–H and O–H groups in total. The molecule has 0 fully saturated rings. The standard InChI is InChI=1S/C12H18ClN3O3/c1-4-6-16(8-10(17)19-5-2)11-9(13)7-14-12(15-11)18-3/h7H,4-6,8H2,1-3H3. The lowest BCUT2D eigenvalue weighted by molar-refractivity contribution is -0.141. The average Bonchev–Trinajstić information content (AvgIpc) is 2.39. The molecule has 0 aliphatic rings. The molecule has 0 saturated heterocycles. The number of anilines is 1. The summed E-state index contributed by atoms with van der Waals surface area (Å²) in [6.45, 7) is 4.85. The number of hydrogen-bond acceptors (Lipinski definition) is 6. The number of carbonyl (C=O) groups is 1. The molecule has 0 aromatic carbocycles. The Balaban J connectivity index is 2.94. The summed E-state index contributed by atoms with van der Waals surface area (Å²) in [7, 11) is 1.47. The van der Waals surface area contributed by atoms with Gasteiger partial charge in [-0.15, -0.1) is 0 Å². The third kappa shape index (κ3) is 4.55. The Morgan fingerprint density at radius 2 is 2.21 bits per heavy atom. The van der Waals surface area contributed by atoms with Crippen LogP contribution in [0.25, 0.3) is 0 Å². The molecule has 0 unspecified atom stereocenters. The smallest absolute Gasteiger partial charge is 0.325 e. The number of aromatic nitrogens is 2. The van der Waals surface area contributed by atoms with Crippen LogP contribution in [0, 0.1) is 0 Å². The first-order valence-corrected chi connectivity index (χ1v) is 6.47. The molecule has 0 aliphatic carbocycles. The maximum Gasteiger partial charge on any atom is 0.325 e. The molecular formula is C12H18ClN3O3. The van der Waals surface area contributed by atoms with Gasteiger partial charge in [-0.1, -0.05) is 18.5 Å². The van der Waals surface area contributed by atoms with Crippen molar-refractivity contribution in [2.45, 2.75) is 20.3 Å². The van der Waals surface area contributed by atoms with Gasteiger partial charge < -0.3 is 14.4 Å². The lowest BCUT2D eigenvalue weighted by Crippen LogP contribution is -2.32. The van der Waals surface area contributed by atoms with Crippen LogP contribution in [0.15, 0.2) is 6.20 Å². The normalized spacial score (nSPS) is 10.1. The quantitative estimate of drug-likeness (QED) is 0.714. The van der Waals surface area contributed by atoms with Crippen LogP contribution in [0.2, 0.25) is 5.02 Å². The molecule has 0 amide bonds. The van der Waals surface area contributed by atoms with E-state index in [-0.39, 0.29) is 18.5 Å². The Kier molecular flexibility index (Phi) is 6.35. The molecular weight excluding hydrogens is 270 g/mol. The number of methoxy groups -OCH3 is 1. The van der Waals surface area contributed by atoms with E-state index < -0.39 is 0 Å². The van der Waals surface area contributed by atoms with E-state index in [1.165, 1.54) is 13.3 Å². The first kappa shape index (κ1) is 15.5.